The molecule has 1 spiro atoms. The van der Waals surface area contributed by atoms with E-state index in [0.29, 0.717) is 18.2 Å². The number of aromatic nitrogens is 1. The summed E-state index contributed by atoms with van der Waals surface area (Å²) in [5, 5.41) is 0.580. The maximum absolute atomic E-state index is 12.7. The minimum atomic E-state index is -0.0916. The minimum absolute atomic E-state index is 0.0471. The smallest absolute Gasteiger partial charge is 0.283 e. The molecule has 1 aromatic heterocycles. The van der Waals surface area contributed by atoms with Crippen LogP contribution in [0, 0.1) is 6.92 Å². The second-order valence-corrected chi connectivity index (χ2v) is 8.18. The molecule has 20 heavy (non-hydrogen) atoms. The van der Waals surface area contributed by atoms with Crippen LogP contribution in [0.5, 0.6) is 0 Å². The molecule has 1 unspecified atom stereocenters. The first-order valence-electron chi connectivity index (χ1n) is 7.09. The van der Waals surface area contributed by atoms with E-state index in [1.165, 1.54) is 24.2 Å². The molecule has 0 bridgehead atoms. The summed E-state index contributed by atoms with van der Waals surface area (Å²) in [6.45, 7) is 5.31. The van der Waals surface area contributed by atoms with Gasteiger partial charge in [-0.1, -0.05) is 12.8 Å². The highest BCUT2D eigenvalue weighted by atomic mass is 79.9. The summed E-state index contributed by atoms with van der Waals surface area (Å²) >= 11 is 4.87. The van der Waals surface area contributed by atoms with Crippen LogP contribution in [-0.2, 0) is 4.74 Å². The number of rotatable bonds is 1. The number of ether oxygens (including phenoxy) is 1. The molecular formula is C14H19BrN2O2S. The van der Waals surface area contributed by atoms with Crippen LogP contribution in [0.1, 0.15) is 48.1 Å². The summed E-state index contributed by atoms with van der Waals surface area (Å²) < 4.78 is 7.01. The van der Waals surface area contributed by atoms with Crippen molar-refractivity contribution in [3.05, 3.63) is 14.5 Å². The number of hydrogen-bond acceptors (Lipinski definition) is 4. The first-order valence-corrected chi connectivity index (χ1v) is 8.70. The van der Waals surface area contributed by atoms with Gasteiger partial charge < -0.3 is 9.64 Å². The number of halogens is 1. The zero-order chi connectivity index (χ0) is 14.3. The summed E-state index contributed by atoms with van der Waals surface area (Å²) in [5.41, 5.74) is 0.793. The molecule has 0 aromatic carbocycles. The van der Waals surface area contributed by atoms with Gasteiger partial charge in [-0.15, -0.1) is 11.3 Å². The molecule has 1 saturated carbocycles. The number of morpholine rings is 1. The zero-order valence-electron chi connectivity index (χ0n) is 11.8. The van der Waals surface area contributed by atoms with E-state index in [4.69, 9.17) is 4.74 Å². The van der Waals surface area contributed by atoms with Gasteiger partial charge in [0, 0.05) is 0 Å². The Morgan fingerprint density at radius 2 is 2.20 bits per heavy atom. The summed E-state index contributed by atoms with van der Waals surface area (Å²) in [7, 11) is 0. The molecule has 1 aliphatic carbocycles. The maximum atomic E-state index is 12.7. The number of amides is 1. The predicted octanol–water partition coefficient (Wildman–Crippen LogP) is 3.39. The van der Waals surface area contributed by atoms with Crippen LogP contribution < -0.4 is 0 Å². The lowest BCUT2D eigenvalue weighted by atomic mass is 9.98. The van der Waals surface area contributed by atoms with E-state index < -0.39 is 0 Å². The van der Waals surface area contributed by atoms with Crippen molar-refractivity contribution >= 4 is 33.2 Å². The van der Waals surface area contributed by atoms with Gasteiger partial charge in [0.1, 0.15) is 0 Å². The largest absolute Gasteiger partial charge is 0.371 e. The van der Waals surface area contributed by atoms with E-state index >= 15 is 0 Å². The standard InChI is InChI=1S/C14H19BrN2O2S/c1-9-7-19-14(5-3-4-6-14)8-17(9)13(18)12-16-10(2)11(15)20-12/h9H,3-8H2,1-2H3. The maximum Gasteiger partial charge on any atom is 0.283 e. The predicted molar refractivity (Wildman–Crippen MR) is 82.2 cm³/mol. The quantitative estimate of drug-likeness (QED) is 0.772. The second-order valence-electron chi connectivity index (χ2n) is 5.86. The molecule has 1 saturated heterocycles. The van der Waals surface area contributed by atoms with Gasteiger partial charge in [0.25, 0.3) is 5.91 Å². The highest BCUT2D eigenvalue weighted by Gasteiger charge is 2.43. The van der Waals surface area contributed by atoms with Gasteiger partial charge in [-0.25, -0.2) is 4.98 Å². The molecule has 2 fully saturated rings. The molecule has 0 N–H and O–H groups in total. The van der Waals surface area contributed by atoms with Crippen LogP contribution in [0.4, 0.5) is 0 Å². The minimum Gasteiger partial charge on any atom is -0.371 e. The summed E-state index contributed by atoms with van der Waals surface area (Å²) in [4.78, 5) is 19.0. The van der Waals surface area contributed by atoms with E-state index in [1.54, 1.807) is 0 Å². The lowest BCUT2D eigenvalue weighted by molar-refractivity contribution is -0.115. The highest BCUT2D eigenvalue weighted by Crippen LogP contribution is 2.38. The van der Waals surface area contributed by atoms with Gasteiger partial charge in [0.2, 0.25) is 0 Å². The molecule has 6 heteroatoms. The van der Waals surface area contributed by atoms with Crippen LogP contribution in [0.25, 0.3) is 0 Å². The molecule has 1 aliphatic heterocycles. The summed E-state index contributed by atoms with van der Waals surface area (Å²) in [6, 6.07) is 0.122. The Balaban J connectivity index is 1.81. The van der Waals surface area contributed by atoms with Gasteiger partial charge in [-0.2, -0.15) is 0 Å². The van der Waals surface area contributed by atoms with E-state index in [-0.39, 0.29) is 17.6 Å². The van der Waals surface area contributed by atoms with E-state index in [0.717, 1.165) is 22.3 Å². The van der Waals surface area contributed by atoms with Crippen molar-refractivity contribution in [2.24, 2.45) is 0 Å². The average molecular weight is 359 g/mol. The van der Waals surface area contributed by atoms with Crippen LogP contribution in [-0.4, -0.2) is 40.6 Å². The van der Waals surface area contributed by atoms with E-state index in [2.05, 4.69) is 27.8 Å². The molecule has 1 aromatic rings. The Bertz CT molecular complexity index is 506. The topological polar surface area (TPSA) is 42.4 Å². The third kappa shape index (κ3) is 2.53. The van der Waals surface area contributed by atoms with Gasteiger partial charge in [0.15, 0.2) is 5.01 Å². The first kappa shape index (κ1) is 14.5. The fraction of sp³-hybridized carbons (Fsp3) is 0.714. The van der Waals surface area contributed by atoms with E-state index in [1.807, 2.05) is 11.8 Å². The normalized spacial score (nSPS) is 25.4. The van der Waals surface area contributed by atoms with Crippen molar-refractivity contribution in [1.82, 2.24) is 9.88 Å². The molecule has 1 amide bonds. The molecule has 4 nitrogen and oxygen atoms in total. The third-order valence-electron chi connectivity index (χ3n) is 4.32. The first-order chi connectivity index (χ1) is 9.51. The third-order valence-corrected chi connectivity index (χ3v) is 6.31. The van der Waals surface area contributed by atoms with Gasteiger partial charge >= 0.3 is 0 Å². The Morgan fingerprint density at radius 3 is 2.80 bits per heavy atom. The van der Waals surface area contributed by atoms with Crippen molar-refractivity contribution in [1.29, 1.82) is 0 Å². The molecule has 0 radical (unpaired) electrons. The van der Waals surface area contributed by atoms with Crippen molar-refractivity contribution in [2.75, 3.05) is 13.2 Å². The Kier molecular flexibility index (Phi) is 3.90. The van der Waals surface area contributed by atoms with Crippen LogP contribution in [0.2, 0.25) is 0 Å². The fourth-order valence-electron chi connectivity index (χ4n) is 3.09. The lowest BCUT2D eigenvalue weighted by Crippen LogP contribution is -2.56. The monoisotopic (exact) mass is 358 g/mol. The second kappa shape index (κ2) is 5.39. The van der Waals surface area contributed by atoms with Gasteiger partial charge in [-0.3, -0.25) is 4.79 Å². The Hall–Kier alpha value is -0.460. The van der Waals surface area contributed by atoms with Crippen molar-refractivity contribution in [3.63, 3.8) is 0 Å². The number of aryl methyl sites for hydroxylation is 1. The summed E-state index contributed by atoms with van der Waals surface area (Å²) in [6.07, 6.45) is 4.56. The molecule has 2 aliphatic rings. The van der Waals surface area contributed by atoms with Gasteiger partial charge in [-0.05, 0) is 42.6 Å². The number of thiazole rings is 1. The molecule has 110 valence electrons. The number of nitrogens with zero attached hydrogens (tertiary/aromatic N) is 2. The van der Waals surface area contributed by atoms with Crippen LogP contribution >= 0.6 is 27.3 Å². The van der Waals surface area contributed by atoms with Crippen molar-refractivity contribution in [3.8, 4) is 0 Å². The Labute approximate surface area is 131 Å². The fourth-order valence-corrected chi connectivity index (χ4v) is 4.38. The molecule has 1 atom stereocenters. The lowest BCUT2D eigenvalue weighted by Gasteiger charge is -2.44. The summed E-state index contributed by atoms with van der Waals surface area (Å²) in [5.74, 6) is 0.0471. The van der Waals surface area contributed by atoms with Crippen molar-refractivity contribution < 1.29 is 9.53 Å². The molecule has 2 heterocycles. The highest BCUT2D eigenvalue weighted by molar-refractivity contribution is 9.11. The zero-order valence-corrected chi connectivity index (χ0v) is 14.2. The SMILES string of the molecule is Cc1nc(C(=O)N2CC3(CCCC3)OCC2C)sc1Br. The Morgan fingerprint density at radius 1 is 1.50 bits per heavy atom. The van der Waals surface area contributed by atoms with Crippen LogP contribution in [0.3, 0.4) is 0 Å². The number of carbonyl (C=O) groups excluding carboxylic acids is 1. The average Bonchev–Trinajstić information content (AvgIpc) is 3.01. The number of hydrogen-bond donors (Lipinski definition) is 0. The molecule has 3 rings (SSSR count). The van der Waals surface area contributed by atoms with Gasteiger partial charge in [0.05, 0.1) is 34.3 Å². The van der Waals surface area contributed by atoms with E-state index in [9.17, 15) is 4.79 Å². The van der Waals surface area contributed by atoms with Crippen LogP contribution in [0.15, 0.2) is 3.79 Å². The van der Waals surface area contributed by atoms with Crippen molar-refractivity contribution in [2.45, 2.75) is 51.2 Å². The number of carbonyl (C=O) groups is 1. The molecular weight excluding hydrogens is 340 g/mol.